The number of pyridine rings is 1. The Hall–Kier alpha value is -2.99. The first-order valence-electron chi connectivity index (χ1n) is 7.18. The Morgan fingerprint density at radius 1 is 1.00 bits per heavy atom. The molecule has 6 nitrogen and oxygen atoms in total. The van der Waals surface area contributed by atoms with Crippen molar-refractivity contribution < 1.29 is 4.79 Å². The molecular formula is C17H14ClN5O. The number of halogens is 1. The van der Waals surface area contributed by atoms with E-state index in [9.17, 15) is 4.79 Å². The summed E-state index contributed by atoms with van der Waals surface area (Å²) in [5.41, 5.74) is 2.49. The molecule has 2 N–H and O–H groups in total. The van der Waals surface area contributed by atoms with Crippen molar-refractivity contribution in [1.82, 2.24) is 15.0 Å². The topological polar surface area (TPSA) is 79.8 Å². The van der Waals surface area contributed by atoms with Gasteiger partial charge < -0.3 is 10.6 Å². The van der Waals surface area contributed by atoms with Crippen LogP contribution in [0.4, 0.5) is 17.1 Å². The Balaban J connectivity index is 1.79. The average molecular weight is 340 g/mol. The smallest absolute Gasteiger partial charge is 0.258 e. The van der Waals surface area contributed by atoms with Crippen LogP contribution in [-0.4, -0.2) is 20.9 Å². The van der Waals surface area contributed by atoms with E-state index in [2.05, 4.69) is 25.6 Å². The number of aromatic nitrogens is 3. The van der Waals surface area contributed by atoms with Crippen LogP contribution in [0.1, 0.15) is 16.2 Å². The fourth-order valence-corrected chi connectivity index (χ4v) is 2.12. The normalized spacial score (nSPS) is 10.2. The van der Waals surface area contributed by atoms with Gasteiger partial charge in [0, 0.05) is 29.3 Å². The number of rotatable bonds is 4. The number of nitrogens with one attached hydrogen (secondary N) is 2. The number of aryl methyl sites for hydroxylation is 1. The van der Waals surface area contributed by atoms with Gasteiger partial charge in [-0.3, -0.25) is 9.78 Å². The average Bonchev–Trinajstić information content (AvgIpc) is 2.59. The van der Waals surface area contributed by atoms with Crippen molar-refractivity contribution in [3.8, 4) is 0 Å². The number of anilines is 3. The summed E-state index contributed by atoms with van der Waals surface area (Å²) < 4.78 is 0. The third-order valence-electron chi connectivity index (χ3n) is 3.24. The van der Waals surface area contributed by atoms with Gasteiger partial charge in [-0.25, -0.2) is 9.97 Å². The minimum absolute atomic E-state index is 0.291. The Bertz CT molecular complexity index is 850. The lowest BCUT2D eigenvalue weighted by Gasteiger charge is -2.12. The molecule has 0 fully saturated rings. The largest absolute Gasteiger partial charge is 0.353 e. The molecule has 0 radical (unpaired) electrons. The molecule has 0 bridgehead atoms. The quantitative estimate of drug-likeness (QED) is 0.755. The zero-order chi connectivity index (χ0) is 16.9. The Morgan fingerprint density at radius 3 is 2.42 bits per heavy atom. The van der Waals surface area contributed by atoms with Crippen LogP contribution < -0.4 is 10.6 Å². The fraction of sp³-hybridized carbons (Fsp3) is 0.0588. The predicted octanol–water partition coefficient (Wildman–Crippen LogP) is 3.83. The summed E-state index contributed by atoms with van der Waals surface area (Å²) in [5, 5.41) is 6.68. The highest BCUT2D eigenvalue weighted by Crippen LogP contribution is 2.25. The summed E-state index contributed by atoms with van der Waals surface area (Å²) in [5.74, 6) is 0.320. The van der Waals surface area contributed by atoms with Gasteiger partial charge >= 0.3 is 0 Å². The van der Waals surface area contributed by atoms with E-state index in [1.54, 1.807) is 37.5 Å². The Labute approximate surface area is 143 Å². The van der Waals surface area contributed by atoms with Crippen LogP contribution in [-0.2, 0) is 0 Å². The van der Waals surface area contributed by atoms with Crippen LogP contribution in [0.5, 0.6) is 0 Å². The number of benzene rings is 1. The SMILES string of the molecule is Cc1ncc(C(=O)Nc2ccncc2Nc2ccc(Cl)cc2)cn1. The highest BCUT2D eigenvalue weighted by atomic mass is 35.5. The van der Waals surface area contributed by atoms with Gasteiger partial charge in [0.15, 0.2) is 0 Å². The van der Waals surface area contributed by atoms with Crippen LogP contribution in [0.3, 0.4) is 0 Å². The van der Waals surface area contributed by atoms with E-state index < -0.39 is 0 Å². The maximum absolute atomic E-state index is 12.3. The molecule has 0 saturated carbocycles. The van der Waals surface area contributed by atoms with Crippen molar-refractivity contribution >= 4 is 34.6 Å². The van der Waals surface area contributed by atoms with E-state index in [0.29, 0.717) is 27.8 Å². The van der Waals surface area contributed by atoms with Gasteiger partial charge in [-0.15, -0.1) is 0 Å². The van der Waals surface area contributed by atoms with E-state index in [1.807, 2.05) is 12.1 Å². The third-order valence-corrected chi connectivity index (χ3v) is 3.49. The molecule has 2 heterocycles. The second kappa shape index (κ2) is 7.06. The summed E-state index contributed by atoms with van der Waals surface area (Å²) in [4.78, 5) is 24.5. The van der Waals surface area contributed by atoms with Gasteiger partial charge in [-0.05, 0) is 37.3 Å². The molecular weight excluding hydrogens is 326 g/mol. The van der Waals surface area contributed by atoms with Crippen molar-refractivity contribution in [1.29, 1.82) is 0 Å². The molecule has 3 rings (SSSR count). The van der Waals surface area contributed by atoms with Crippen molar-refractivity contribution in [2.24, 2.45) is 0 Å². The minimum atomic E-state index is -0.291. The van der Waals surface area contributed by atoms with Crippen LogP contribution in [0.15, 0.2) is 55.1 Å². The summed E-state index contributed by atoms with van der Waals surface area (Å²) in [6, 6.07) is 8.96. The maximum atomic E-state index is 12.3. The molecule has 1 aromatic carbocycles. The van der Waals surface area contributed by atoms with Gasteiger partial charge in [-0.1, -0.05) is 11.6 Å². The number of hydrogen-bond donors (Lipinski definition) is 2. The van der Waals surface area contributed by atoms with E-state index in [1.165, 1.54) is 12.4 Å². The first-order chi connectivity index (χ1) is 11.6. The summed E-state index contributed by atoms with van der Waals surface area (Å²) in [6.07, 6.45) is 6.22. The molecule has 24 heavy (non-hydrogen) atoms. The monoisotopic (exact) mass is 339 g/mol. The molecule has 7 heteroatoms. The standard InChI is InChI=1S/C17H14ClN5O/c1-11-20-8-12(9-21-11)17(24)23-15-6-7-19-10-16(15)22-14-4-2-13(18)3-5-14/h2-10,22H,1H3,(H,19,23,24). The van der Waals surface area contributed by atoms with Gasteiger partial charge in [0.2, 0.25) is 0 Å². The number of carbonyl (C=O) groups excluding carboxylic acids is 1. The van der Waals surface area contributed by atoms with Gasteiger partial charge in [-0.2, -0.15) is 0 Å². The molecule has 0 atom stereocenters. The Kier molecular flexibility index (Phi) is 4.67. The lowest BCUT2D eigenvalue weighted by atomic mass is 10.2. The fourth-order valence-electron chi connectivity index (χ4n) is 2.00. The lowest BCUT2D eigenvalue weighted by molar-refractivity contribution is 0.102. The highest BCUT2D eigenvalue weighted by Gasteiger charge is 2.10. The number of hydrogen-bond acceptors (Lipinski definition) is 5. The second-order valence-electron chi connectivity index (χ2n) is 5.03. The van der Waals surface area contributed by atoms with E-state index >= 15 is 0 Å². The molecule has 0 spiro atoms. The van der Waals surface area contributed by atoms with E-state index in [0.717, 1.165) is 5.69 Å². The molecule has 1 amide bonds. The summed E-state index contributed by atoms with van der Waals surface area (Å²) in [6.45, 7) is 1.76. The summed E-state index contributed by atoms with van der Waals surface area (Å²) >= 11 is 5.88. The van der Waals surface area contributed by atoms with Crippen LogP contribution in [0, 0.1) is 6.92 Å². The van der Waals surface area contributed by atoms with Gasteiger partial charge in [0.25, 0.3) is 5.91 Å². The molecule has 0 saturated heterocycles. The molecule has 0 unspecified atom stereocenters. The highest BCUT2D eigenvalue weighted by molar-refractivity contribution is 6.30. The van der Waals surface area contributed by atoms with Crippen LogP contribution in [0.25, 0.3) is 0 Å². The van der Waals surface area contributed by atoms with Gasteiger partial charge in [0.05, 0.1) is 23.1 Å². The Morgan fingerprint density at radius 2 is 1.71 bits per heavy atom. The summed E-state index contributed by atoms with van der Waals surface area (Å²) in [7, 11) is 0. The molecule has 0 aliphatic carbocycles. The maximum Gasteiger partial charge on any atom is 0.258 e. The minimum Gasteiger partial charge on any atom is -0.353 e. The van der Waals surface area contributed by atoms with Crippen LogP contribution in [0.2, 0.25) is 5.02 Å². The first kappa shape index (κ1) is 15.9. The van der Waals surface area contributed by atoms with E-state index in [4.69, 9.17) is 11.6 Å². The number of nitrogens with zero attached hydrogens (tertiary/aromatic N) is 3. The number of amides is 1. The van der Waals surface area contributed by atoms with Crippen molar-refractivity contribution in [3.05, 3.63) is 71.5 Å². The molecule has 2 aromatic heterocycles. The van der Waals surface area contributed by atoms with Gasteiger partial charge in [0.1, 0.15) is 5.82 Å². The van der Waals surface area contributed by atoms with E-state index in [-0.39, 0.29) is 5.91 Å². The molecule has 0 aliphatic rings. The third kappa shape index (κ3) is 3.85. The van der Waals surface area contributed by atoms with Crippen LogP contribution >= 0.6 is 11.6 Å². The zero-order valence-corrected chi connectivity index (χ0v) is 13.6. The molecule has 120 valence electrons. The van der Waals surface area contributed by atoms with Crippen molar-refractivity contribution in [3.63, 3.8) is 0 Å². The van der Waals surface area contributed by atoms with Crippen molar-refractivity contribution in [2.45, 2.75) is 6.92 Å². The lowest BCUT2D eigenvalue weighted by Crippen LogP contribution is -2.14. The number of carbonyl (C=O) groups is 1. The molecule has 3 aromatic rings. The van der Waals surface area contributed by atoms with Crippen molar-refractivity contribution in [2.75, 3.05) is 10.6 Å². The molecule has 0 aliphatic heterocycles. The zero-order valence-electron chi connectivity index (χ0n) is 12.8. The second-order valence-corrected chi connectivity index (χ2v) is 5.46. The predicted molar refractivity (Wildman–Crippen MR) is 93.7 cm³/mol. The first-order valence-corrected chi connectivity index (χ1v) is 7.56.